The zero-order valence-corrected chi connectivity index (χ0v) is 13.2. The molecule has 0 bridgehead atoms. The molecule has 2 rings (SSSR count). The summed E-state index contributed by atoms with van der Waals surface area (Å²) in [5.41, 5.74) is 0.332. The molecule has 0 saturated carbocycles. The van der Waals surface area contributed by atoms with Gasteiger partial charge >= 0.3 is 6.18 Å². The highest BCUT2D eigenvalue weighted by Crippen LogP contribution is 2.36. The average Bonchev–Trinajstić information content (AvgIpc) is 2.39. The van der Waals surface area contributed by atoms with E-state index in [1.165, 1.54) is 19.4 Å². The first-order valence-corrected chi connectivity index (χ1v) is 7.99. The van der Waals surface area contributed by atoms with Crippen molar-refractivity contribution >= 4 is 11.9 Å². The summed E-state index contributed by atoms with van der Waals surface area (Å²) in [5, 5.41) is 5.52. The summed E-state index contributed by atoms with van der Waals surface area (Å²) in [6, 6.07) is 3.06. The first-order chi connectivity index (χ1) is 9.81. The Kier molecular flexibility index (Phi) is 5.22. The third kappa shape index (κ3) is 4.14. The van der Waals surface area contributed by atoms with E-state index in [4.69, 9.17) is 5.14 Å². The van der Waals surface area contributed by atoms with Crippen molar-refractivity contribution in [2.75, 3.05) is 13.1 Å². The normalized spacial score (nSPS) is 20.8. The summed E-state index contributed by atoms with van der Waals surface area (Å²) >= 11 is 0.884. The van der Waals surface area contributed by atoms with Crippen LogP contribution in [0, 0.1) is 12.8 Å². The lowest BCUT2D eigenvalue weighted by Crippen LogP contribution is -2.33. The van der Waals surface area contributed by atoms with E-state index < -0.39 is 11.7 Å². The number of hydrogen-bond acceptors (Lipinski definition) is 3. The first-order valence-electron chi connectivity index (χ1n) is 7.11. The van der Waals surface area contributed by atoms with Gasteiger partial charge in [0, 0.05) is 18.0 Å². The minimum Gasteiger partial charge on any atom is -0.299 e. The lowest BCUT2D eigenvalue weighted by Gasteiger charge is -2.31. The molecule has 1 fully saturated rings. The largest absolute Gasteiger partial charge is 0.416 e. The highest BCUT2D eigenvalue weighted by Gasteiger charge is 2.33. The molecule has 0 aliphatic carbocycles. The van der Waals surface area contributed by atoms with Crippen molar-refractivity contribution in [3.8, 4) is 0 Å². The lowest BCUT2D eigenvalue weighted by atomic mass is 9.99. The van der Waals surface area contributed by atoms with Crippen LogP contribution in [0.2, 0.25) is 0 Å². The number of hydrogen-bond donors (Lipinski definition) is 1. The van der Waals surface area contributed by atoms with Gasteiger partial charge in [-0.2, -0.15) is 13.2 Å². The SMILES string of the molecule is Cc1c(SN)cc(CN2CCCC(C)C2)cc1C(F)(F)F. The number of piperidine rings is 1. The Hall–Kier alpha value is -0.720. The molecule has 118 valence electrons. The standard InChI is InChI=1S/C15H21F3N2S/c1-10-4-3-5-20(8-10)9-12-6-13(15(16,17)18)11(2)14(7-12)21-19/h6-7,10H,3-5,8-9,19H2,1-2H3. The Labute approximate surface area is 128 Å². The van der Waals surface area contributed by atoms with Crippen LogP contribution in [0.1, 0.15) is 36.5 Å². The summed E-state index contributed by atoms with van der Waals surface area (Å²) in [4.78, 5) is 2.73. The van der Waals surface area contributed by atoms with Crippen molar-refractivity contribution in [2.45, 2.75) is 44.3 Å². The number of nitrogens with zero attached hydrogens (tertiary/aromatic N) is 1. The highest BCUT2D eigenvalue weighted by atomic mass is 32.2. The first kappa shape index (κ1) is 16.6. The van der Waals surface area contributed by atoms with Gasteiger partial charge in [-0.25, -0.2) is 0 Å². The molecule has 1 aliphatic rings. The molecular formula is C15H21F3N2S. The quantitative estimate of drug-likeness (QED) is 0.847. The van der Waals surface area contributed by atoms with E-state index >= 15 is 0 Å². The molecule has 0 aromatic heterocycles. The topological polar surface area (TPSA) is 29.3 Å². The van der Waals surface area contributed by atoms with Gasteiger partial charge in [-0.3, -0.25) is 10.0 Å². The Morgan fingerprint density at radius 2 is 2.10 bits per heavy atom. The maximum atomic E-state index is 13.1. The Morgan fingerprint density at radius 1 is 1.38 bits per heavy atom. The molecule has 0 amide bonds. The van der Waals surface area contributed by atoms with E-state index in [9.17, 15) is 13.2 Å². The molecule has 2 N–H and O–H groups in total. The number of rotatable bonds is 3. The minimum atomic E-state index is -4.33. The lowest BCUT2D eigenvalue weighted by molar-refractivity contribution is -0.138. The van der Waals surface area contributed by atoms with Crippen LogP contribution in [-0.4, -0.2) is 18.0 Å². The van der Waals surface area contributed by atoms with Crippen LogP contribution in [0.25, 0.3) is 0 Å². The molecule has 2 nitrogen and oxygen atoms in total. The number of nitrogens with two attached hydrogens (primary N) is 1. The summed E-state index contributed by atoms with van der Waals surface area (Å²) in [5.74, 6) is 0.606. The Balaban J connectivity index is 2.27. The van der Waals surface area contributed by atoms with Gasteiger partial charge in [0.25, 0.3) is 0 Å². The van der Waals surface area contributed by atoms with Crippen LogP contribution < -0.4 is 5.14 Å². The molecule has 21 heavy (non-hydrogen) atoms. The van der Waals surface area contributed by atoms with Crippen LogP contribution in [-0.2, 0) is 12.7 Å². The van der Waals surface area contributed by atoms with Gasteiger partial charge in [-0.15, -0.1) is 0 Å². The smallest absolute Gasteiger partial charge is 0.299 e. The molecule has 1 unspecified atom stereocenters. The molecule has 0 spiro atoms. The van der Waals surface area contributed by atoms with Crippen LogP contribution in [0.4, 0.5) is 13.2 Å². The van der Waals surface area contributed by atoms with Gasteiger partial charge in [-0.05, 0) is 67.4 Å². The van der Waals surface area contributed by atoms with Crippen molar-refractivity contribution in [1.82, 2.24) is 4.90 Å². The molecule has 1 saturated heterocycles. The number of alkyl halides is 3. The van der Waals surface area contributed by atoms with Gasteiger partial charge in [0.1, 0.15) is 0 Å². The molecular weight excluding hydrogens is 297 g/mol. The van der Waals surface area contributed by atoms with Gasteiger partial charge in [0.05, 0.1) is 5.56 Å². The predicted octanol–water partition coefficient (Wildman–Crippen LogP) is 4.21. The highest BCUT2D eigenvalue weighted by molar-refractivity contribution is 7.97. The minimum absolute atomic E-state index is 0.214. The van der Waals surface area contributed by atoms with E-state index in [0.717, 1.165) is 31.5 Å². The van der Waals surface area contributed by atoms with Gasteiger partial charge in [0.15, 0.2) is 0 Å². The summed E-state index contributed by atoms with van der Waals surface area (Å²) in [7, 11) is 0. The van der Waals surface area contributed by atoms with E-state index in [-0.39, 0.29) is 5.56 Å². The fraction of sp³-hybridized carbons (Fsp3) is 0.600. The van der Waals surface area contributed by atoms with Gasteiger partial charge < -0.3 is 0 Å². The van der Waals surface area contributed by atoms with E-state index in [2.05, 4.69) is 11.8 Å². The van der Waals surface area contributed by atoms with Crippen molar-refractivity contribution in [3.63, 3.8) is 0 Å². The maximum Gasteiger partial charge on any atom is 0.416 e. The maximum absolute atomic E-state index is 13.1. The number of benzene rings is 1. The van der Waals surface area contributed by atoms with Gasteiger partial charge in [-0.1, -0.05) is 6.92 Å². The van der Waals surface area contributed by atoms with E-state index in [1.54, 1.807) is 6.07 Å². The zero-order chi connectivity index (χ0) is 15.6. The van der Waals surface area contributed by atoms with E-state index in [0.29, 0.717) is 22.9 Å². The molecule has 1 aliphatic heterocycles. The summed E-state index contributed by atoms with van der Waals surface area (Å²) in [6.07, 6.45) is -2.03. The molecule has 6 heteroatoms. The summed E-state index contributed by atoms with van der Waals surface area (Å²) in [6.45, 7) is 6.11. The molecule has 1 aromatic rings. The second-order valence-corrected chi connectivity index (χ2v) is 6.54. The molecule has 1 heterocycles. The van der Waals surface area contributed by atoms with Crippen LogP contribution in [0.3, 0.4) is 0 Å². The zero-order valence-electron chi connectivity index (χ0n) is 12.3. The predicted molar refractivity (Wildman–Crippen MR) is 79.9 cm³/mol. The third-order valence-electron chi connectivity index (χ3n) is 4.00. The van der Waals surface area contributed by atoms with E-state index in [1.807, 2.05) is 0 Å². The third-order valence-corrected chi connectivity index (χ3v) is 4.68. The average molecular weight is 318 g/mol. The fourth-order valence-corrected chi connectivity index (χ4v) is 3.45. The number of likely N-dealkylation sites (tertiary alicyclic amines) is 1. The van der Waals surface area contributed by atoms with Crippen molar-refractivity contribution in [3.05, 3.63) is 28.8 Å². The number of halogens is 3. The molecule has 1 aromatic carbocycles. The van der Waals surface area contributed by atoms with Crippen molar-refractivity contribution < 1.29 is 13.2 Å². The summed E-state index contributed by atoms with van der Waals surface area (Å²) < 4.78 is 39.4. The van der Waals surface area contributed by atoms with Crippen LogP contribution in [0.15, 0.2) is 17.0 Å². The Bertz CT molecular complexity index is 502. The van der Waals surface area contributed by atoms with Gasteiger partial charge in [0.2, 0.25) is 0 Å². The fourth-order valence-electron chi connectivity index (χ4n) is 2.94. The second-order valence-electron chi connectivity index (χ2n) is 5.86. The van der Waals surface area contributed by atoms with Crippen molar-refractivity contribution in [2.24, 2.45) is 11.1 Å². The monoisotopic (exact) mass is 318 g/mol. The molecule has 0 radical (unpaired) electrons. The van der Waals surface area contributed by atoms with Crippen LogP contribution >= 0.6 is 11.9 Å². The van der Waals surface area contributed by atoms with Crippen molar-refractivity contribution in [1.29, 1.82) is 0 Å². The Morgan fingerprint density at radius 3 is 2.67 bits per heavy atom. The van der Waals surface area contributed by atoms with Crippen LogP contribution in [0.5, 0.6) is 0 Å². The molecule has 1 atom stereocenters. The second kappa shape index (κ2) is 6.58.